The molecule has 1 aliphatic carbocycles. The van der Waals surface area contributed by atoms with E-state index in [9.17, 15) is 0 Å². The number of hydrogen-bond donors (Lipinski definition) is 0. The van der Waals surface area contributed by atoms with Gasteiger partial charge in [0, 0.05) is 21.4 Å². The largest absolute Gasteiger partial charge is 0.464 e. The van der Waals surface area contributed by atoms with Crippen LogP contribution in [-0.4, -0.2) is 4.98 Å². The van der Waals surface area contributed by atoms with Gasteiger partial charge in [-0.05, 0) is 55.9 Å². The Hall–Kier alpha value is -2.39. The third kappa shape index (κ3) is 2.58. The third-order valence-corrected chi connectivity index (χ3v) is 6.55. The van der Waals surface area contributed by atoms with E-state index in [1.54, 1.807) is 6.26 Å². The van der Waals surface area contributed by atoms with Crippen molar-refractivity contribution < 1.29 is 4.42 Å². The van der Waals surface area contributed by atoms with Crippen LogP contribution in [0.1, 0.15) is 29.3 Å². The summed E-state index contributed by atoms with van der Waals surface area (Å²) in [6.45, 7) is 4.47. The molecule has 4 aromatic rings. The fourth-order valence-corrected chi connectivity index (χ4v) is 5.35. The topological polar surface area (TPSA) is 26.0 Å². The number of nitrogens with zero attached hydrogens (tertiary/aromatic N) is 1. The van der Waals surface area contributed by atoms with E-state index in [1.165, 1.54) is 39.8 Å². The maximum Gasteiger partial charge on any atom is 0.134 e. The van der Waals surface area contributed by atoms with Crippen molar-refractivity contribution in [2.75, 3.05) is 0 Å². The van der Waals surface area contributed by atoms with Crippen LogP contribution in [0, 0.1) is 12.8 Å². The van der Waals surface area contributed by atoms with Crippen LogP contribution in [0.5, 0.6) is 0 Å². The van der Waals surface area contributed by atoms with E-state index in [4.69, 9.17) is 9.40 Å². The molecule has 0 aliphatic heterocycles. The number of pyridine rings is 1. The summed E-state index contributed by atoms with van der Waals surface area (Å²) >= 11 is 1.87. The number of hydrogen-bond acceptors (Lipinski definition) is 3. The molecule has 0 spiro atoms. The summed E-state index contributed by atoms with van der Waals surface area (Å²) < 4.78 is 5.80. The molecule has 26 heavy (non-hydrogen) atoms. The fraction of sp³-hybridized carbons (Fsp3) is 0.261. The summed E-state index contributed by atoms with van der Waals surface area (Å²) in [6, 6.07) is 14.8. The smallest absolute Gasteiger partial charge is 0.134 e. The molecule has 1 aliphatic rings. The van der Waals surface area contributed by atoms with Crippen LogP contribution >= 0.6 is 11.3 Å². The van der Waals surface area contributed by atoms with Crippen molar-refractivity contribution >= 4 is 21.6 Å². The lowest BCUT2D eigenvalue weighted by molar-refractivity contribution is 0.509. The van der Waals surface area contributed by atoms with Crippen molar-refractivity contribution in [2.24, 2.45) is 5.92 Å². The van der Waals surface area contributed by atoms with Gasteiger partial charge in [0.1, 0.15) is 10.6 Å². The number of fused-ring (bicyclic) bond motifs is 3. The van der Waals surface area contributed by atoms with Crippen molar-refractivity contribution in [2.45, 2.75) is 33.1 Å². The molecule has 130 valence electrons. The molecule has 5 rings (SSSR count). The Labute approximate surface area is 157 Å². The first-order valence-electron chi connectivity index (χ1n) is 9.25. The maximum atomic E-state index is 5.80. The minimum Gasteiger partial charge on any atom is -0.464 e. The van der Waals surface area contributed by atoms with Crippen LogP contribution in [0.4, 0.5) is 0 Å². The Morgan fingerprint density at radius 1 is 1.15 bits per heavy atom. The molecule has 3 heteroatoms. The predicted molar refractivity (Wildman–Crippen MR) is 109 cm³/mol. The van der Waals surface area contributed by atoms with Gasteiger partial charge in [0.25, 0.3) is 0 Å². The molecule has 0 saturated carbocycles. The van der Waals surface area contributed by atoms with Gasteiger partial charge in [0.2, 0.25) is 0 Å². The highest BCUT2D eigenvalue weighted by Gasteiger charge is 2.24. The molecule has 1 atom stereocenters. The number of furan rings is 1. The van der Waals surface area contributed by atoms with Crippen molar-refractivity contribution in [1.29, 1.82) is 0 Å². The average molecular weight is 359 g/mol. The summed E-state index contributed by atoms with van der Waals surface area (Å²) in [5.74, 6) is 1.70. The number of thiophene rings is 1. The van der Waals surface area contributed by atoms with Gasteiger partial charge in [-0.1, -0.05) is 36.8 Å². The number of aryl methyl sites for hydroxylation is 2. The molecule has 0 bridgehead atoms. The molecule has 2 nitrogen and oxygen atoms in total. The van der Waals surface area contributed by atoms with E-state index >= 15 is 0 Å². The van der Waals surface area contributed by atoms with Crippen molar-refractivity contribution in [3.8, 4) is 22.6 Å². The van der Waals surface area contributed by atoms with Crippen LogP contribution in [0.25, 0.3) is 32.8 Å². The Morgan fingerprint density at radius 2 is 2.00 bits per heavy atom. The Balaban J connectivity index is 1.78. The summed E-state index contributed by atoms with van der Waals surface area (Å²) in [4.78, 5) is 7.71. The lowest BCUT2D eigenvalue weighted by Gasteiger charge is -2.18. The van der Waals surface area contributed by atoms with Gasteiger partial charge in [0.15, 0.2) is 0 Å². The Bertz CT molecular complexity index is 1070. The van der Waals surface area contributed by atoms with Gasteiger partial charge in [-0.15, -0.1) is 11.3 Å². The monoisotopic (exact) mass is 359 g/mol. The van der Waals surface area contributed by atoms with Gasteiger partial charge >= 0.3 is 0 Å². The molecule has 3 aromatic heterocycles. The fourth-order valence-electron chi connectivity index (χ4n) is 3.94. The van der Waals surface area contributed by atoms with Gasteiger partial charge in [-0.25, -0.2) is 4.98 Å². The molecule has 1 unspecified atom stereocenters. The number of benzene rings is 1. The van der Waals surface area contributed by atoms with Crippen LogP contribution in [0.3, 0.4) is 0 Å². The van der Waals surface area contributed by atoms with Crippen LogP contribution in [-0.2, 0) is 12.8 Å². The molecular formula is C23H21NOS. The third-order valence-electron chi connectivity index (χ3n) is 5.40. The van der Waals surface area contributed by atoms with E-state index in [0.29, 0.717) is 0 Å². The first-order chi connectivity index (χ1) is 12.7. The van der Waals surface area contributed by atoms with E-state index in [0.717, 1.165) is 34.2 Å². The Morgan fingerprint density at radius 3 is 2.77 bits per heavy atom. The summed E-state index contributed by atoms with van der Waals surface area (Å²) in [5, 5.41) is 1.31. The molecule has 0 radical (unpaired) electrons. The van der Waals surface area contributed by atoms with Gasteiger partial charge in [-0.3, -0.25) is 0 Å². The highest BCUT2D eigenvalue weighted by atomic mass is 32.1. The minimum absolute atomic E-state index is 0.763. The molecular weight excluding hydrogens is 338 g/mol. The van der Waals surface area contributed by atoms with E-state index in [1.807, 2.05) is 17.4 Å². The zero-order valence-corrected chi connectivity index (χ0v) is 15.9. The minimum atomic E-state index is 0.763. The summed E-state index contributed by atoms with van der Waals surface area (Å²) in [7, 11) is 0. The van der Waals surface area contributed by atoms with E-state index in [2.05, 4.69) is 50.2 Å². The lowest BCUT2D eigenvalue weighted by Crippen LogP contribution is -2.08. The van der Waals surface area contributed by atoms with Crippen LogP contribution in [0.15, 0.2) is 53.1 Å². The predicted octanol–water partition coefficient (Wildman–Crippen LogP) is 6.66. The highest BCUT2D eigenvalue weighted by molar-refractivity contribution is 7.19. The second-order valence-corrected chi connectivity index (χ2v) is 8.51. The zero-order chi connectivity index (χ0) is 17.7. The SMILES string of the molecule is Cc1ccc(-c2cc(-c3ccco3)c3c4c(sc3n2)CC(C)CC4)cc1. The van der Waals surface area contributed by atoms with E-state index in [-0.39, 0.29) is 0 Å². The molecule has 0 amide bonds. The van der Waals surface area contributed by atoms with Gasteiger partial charge < -0.3 is 4.42 Å². The zero-order valence-electron chi connectivity index (χ0n) is 15.1. The summed E-state index contributed by atoms with van der Waals surface area (Å²) in [5.41, 5.74) is 6.13. The standard InChI is InChI=1S/C23H21NOS/c1-14-5-8-16(9-6-14)19-13-18(20-4-3-11-25-20)22-17-10-7-15(2)12-21(17)26-23(22)24-19/h3-6,8-9,11,13,15H,7,10,12H2,1-2H3. The van der Waals surface area contributed by atoms with Crippen molar-refractivity contribution in [3.63, 3.8) is 0 Å². The van der Waals surface area contributed by atoms with E-state index < -0.39 is 0 Å². The average Bonchev–Trinajstić information content (AvgIpc) is 3.28. The number of rotatable bonds is 2. The van der Waals surface area contributed by atoms with Gasteiger partial charge in [-0.2, -0.15) is 0 Å². The highest BCUT2D eigenvalue weighted by Crippen LogP contribution is 2.43. The number of aromatic nitrogens is 1. The van der Waals surface area contributed by atoms with Crippen molar-refractivity contribution in [3.05, 3.63) is 64.7 Å². The lowest BCUT2D eigenvalue weighted by atomic mass is 9.88. The Kier molecular flexibility index (Phi) is 3.71. The van der Waals surface area contributed by atoms with Crippen molar-refractivity contribution in [1.82, 2.24) is 4.98 Å². The molecule has 0 N–H and O–H groups in total. The maximum absolute atomic E-state index is 5.80. The second kappa shape index (κ2) is 6.10. The summed E-state index contributed by atoms with van der Waals surface area (Å²) in [6.07, 6.45) is 5.34. The first kappa shape index (κ1) is 15.8. The van der Waals surface area contributed by atoms with Gasteiger partial charge in [0.05, 0.1) is 12.0 Å². The molecule has 0 saturated heterocycles. The molecule has 1 aromatic carbocycles. The molecule has 3 heterocycles. The first-order valence-corrected chi connectivity index (χ1v) is 10.1. The van der Waals surface area contributed by atoms with Crippen LogP contribution < -0.4 is 0 Å². The second-order valence-electron chi connectivity index (χ2n) is 7.43. The quantitative estimate of drug-likeness (QED) is 0.400. The molecule has 0 fully saturated rings. The van der Waals surface area contributed by atoms with Crippen LogP contribution in [0.2, 0.25) is 0 Å². The normalized spacial score (nSPS) is 16.8.